The molecule has 0 aliphatic carbocycles. The standard InChI is InChI=1S/C15H19N5O/c1-12-4-2-8-18-15(12)20(9-6-14(16)19-21)11-13-5-3-7-17-10-13/h2-5,7-8,10,21H,6,9,11H2,1H3,(H2,16,19). The van der Waals surface area contributed by atoms with E-state index in [0.717, 1.165) is 16.9 Å². The number of amidine groups is 1. The molecule has 2 heterocycles. The lowest BCUT2D eigenvalue weighted by Crippen LogP contribution is -2.29. The van der Waals surface area contributed by atoms with Crippen LogP contribution in [-0.4, -0.2) is 27.6 Å². The summed E-state index contributed by atoms with van der Waals surface area (Å²) in [5.74, 6) is 1.10. The number of nitrogens with zero attached hydrogens (tertiary/aromatic N) is 4. The first kappa shape index (κ1) is 14.8. The van der Waals surface area contributed by atoms with Gasteiger partial charge in [-0.3, -0.25) is 4.98 Å². The highest BCUT2D eigenvalue weighted by Crippen LogP contribution is 2.18. The fourth-order valence-corrected chi connectivity index (χ4v) is 2.08. The molecule has 0 aliphatic rings. The Labute approximate surface area is 123 Å². The van der Waals surface area contributed by atoms with Gasteiger partial charge in [0, 0.05) is 38.1 Å². The Balaban J connectivity index is 2.20. The predicted octanol–water partition coefficient (Wildman–Crippen LogP) is 1.93. The van der Waals surface area contributed by atoms with Crippen molar-refractivity contribution in [3.05, 3.63) is 54.0 Å². The minimum Gasteiger partial charge on any atom is -0.409 e. The smallest absolute Gasteiger partial charge is 0.140 e. The number of pyridine rings is 2. The minimum absolute atomic E-state index is 0.208. The molecule has 0 atom stereocenters. The summed E-state index contributed by atoms with van der Waals surface area (Å²) in [6, 6.07) is 7.84. The molecule has 6 heteroatoms. The molecule has 0 fully saturated rings. The highest BCUT2D eigenvalue weighted by Gasteiger charge is 2.12. The molecule has 0 bridgehead atoms. The second-order valence-corrected chi connectivity index (χ2v) is 4.77. The molecule has 0 amide bonds. The molecule has 0 radical (unpaired) electrons. The molecule has 0 saturated carbocycles. The lowest BCUT2D eigenvalue weighted by atomic mass is 10.2. The highest BCUT2D eigenvalue weighted by atomic mass is 16.4. The van der Waals surface area contributed by atoms with Crippen LogP contribution in [0.15, 0.2) is 48.0 Å². The fourth-order valence-electron chi connectivity index (χ4n) is 2.08. The molecule has 0 unspecified atom stereocenters. The van der Waals surface area contributed by atoms with E-state index in [1.807, 2.05) is 37.4 Å². The zero-order chi connectivity index (χ0) is 15.1. The number of nitrogens with two attached hydrogens (primary N) is 1. The van der Waals surface area contributed by atoms with Crippen LogP contribution in [0.4, 0.5) is 5.82 Å². The number of oxime groups is 1. The van der Waals surface area contributed by atoms with Crippen molar-refractivity contribution >= 4 is 11.7 Å². The van der Waals surface area contributed by atoms with Crippen LogP contribution in [0.3, 0.4) is 0 Å². The van der Waals surface area contributed by atoms with Gasteiger partial charge in [-0.05, 0) is 30.2 Å². The van der Waals surface area contributed by atoms with Gasteiger partial charge in [0.05, 0.1) is 0 Å². The third-order valence-corrected chi connectivity index (χ3v) is 3.14. The minimum atomic E-state index is 0.208. The van der Waals surface area contributed by atoms with Crippen LogP contribution in [0.25, 0.3) is 0 Å². The van der Waals surface area contributed by atoms with Crippen LogP contribution in [0.1, 0.15) is 17.5 Å². The van der Waals surface area contributed by atoms with Gasteiger partial charge in [0.1, 0.15) is 11.7 Å². The maximum absolute atomic E-state index is 8.68. The van der Waals surface area contributed by atoms with Gasteiger partial charge in [0.2, 0.25) is 0 Å². The SMILES string of the molecule is Cc1cccnc1N(CCC(N)=NO)Cc1cccnc1. The third kappa shape index (κ3) is 4.17. The summed E-state index contributed by atoms with van der Waals surface area (Å²) in [5.41, 5.74) is 7.74. The molecule has 0 saturated heterocycles. The summed E-state index contributed by atoms with van der Waals surface area (Å²) < 4.78 is 0. The molecule has 0 spiro atoms. The zero-order valence-corrected chi connectivity index (χ0v) is 12.0. The second-order valence-electron chi connectivity index (χ2n) is 4.77. The van der Waals surface area contributed by atoms with Gasteiger partial charge in [0.15, 0.2) is 0 Å². The fraction of sp³-hybridized carbons (Fsp3) is 0.267. The monoisotopic (exact) mass is 285 g/mol. The molecule has 110 valence electrons. The zero-order valence-electron chi connectivity index (χ0n) is 12.0. The van der Waals surface area contributed by atoms with Crippen molar-refractivity contribution in [3.63, 3.8) is 0 Å². The lowest BCUT2D eigenvalue weighted by Gasteiger charge is -2.25. The topological polar surface area (TPSA) is 87.6 Å². The molecule has 0 aromatic carbocycles. The number of anilines is 1. The molecule has 0 aliphatic heterocycles. The summed E-state index contributed by atoms with van der Waals surface area (Å²) in [6.45, 7) is 3.30. The molecule has 3 N–H and O–H groups in total. The molecule has 2 rings (SSSR count). The third-order valence-electron chi connectivity index (χ3n) is 3.14. The van der Waals surface area contributed by atoms with Gasteiger partial charge >= 0.3 is 0 Å². The van der Waals surface area contributed by atoms with Crippen molar-refractivity contribution in [2.24, 2.45) is 10.9 Å². The summed E-state index contributed by atoms with van der Waals surface area (Å²) >= 11 is 0. The number of aryl methyl sites for hydroxylation is 1. The summed E-state index contributed by atoms with van der Waals surface area (Å²) in [5, 5.41) is 11.7. The summed E-state index contributed by atoms with van der Waals surface area (Å²) in [6.07, 6.45) is 5.81. The van der Waals surface area contributed by atoms with Crippen LogP contribution in [-0.2, 0) is 6.54 Å². The van der Waals surface area contributed by atoms with Gasteiger partial charge in [-0.2, -0.15) is 0 Å². The van der Waals surface area contributed by atoms with Crippen molar-refractivity contribution in [2.75, 3.05) is 11.4 Å². The molecular weight excluding hydrogens is 266 g/mol. The Morgan fingerprint density at radius 2 is 2.14 bits per heavy atom. The largest absolute Gasteiger partial charge is 0.409 e. The Morgan fingerprint density at radius 1 is 1.33 bits per heavy atom. The van der Waals surface area contributed by atoms with Crippen LogP contribution in [0.2, 0.25) is 0 Å². The van der Waals surface area contributed by atoms with Crippen molar-refractivity contribution in [1.82, 2.24) is 9.97 Å². The van der Waals surface area contributed by atoms with E-state index in [2.05, 4.69) is 20.0 Å². The molecular formula is C15H19N5O. The number of hydrogen-bond donors (Lipinski definition) is 2. The average Bonchev–Trinajstić information content (AvgIpc) is 2.52. The summed E-state index contributed by atoms with van der Waals surface area (Å²) in [4.78, 5) is 10.7. The van der Waals surface area contributed by atoms with Crippen molar-refractivity contribution in [3.8, 4) is 0 Å². The Morgan fingerprint density at radius 3 is 2.81 bits per heavy atom. The van der Waals surface area contributed by atoms with Crippen molar-refractivity contribution < 1.29 is 5.21 Å². The normalized spacial score (nSPS) is 11.4. The van der Waals surface area contributed by atoms with E-state index in [-0.39, 0.29) is 5.84 Å². The molecule has 2 aromatic rings. The van der Waals surface area contributed by atoms with E-state index < -0.39 is 0 Å². The number of hydrogen-bond acceptors (Lipinski definition) is 5. The lowest BCUT2D eigenvalue weighted by molar-refractivity contribution is 0.317. The Bertz CT molecular complexity index is 600. The second kappa shape index (κ2) is 7.23. The van der Waals surface area contributed by atoms with E-state index in [1.54, 1.807) is 12.4 Å². The van der Waals surface area contributed by atoms with Gasteiger partial charge in [-0.25, -0.2) is 4.98 Å². The van der Waals surface area contributed by atoms with Crippen LogP contribution >= 0.6 is 0 Å². The Kier molecular flexibility index (Phi) is 5.09. The van der Waals surface area contributed by atoms with E-state index in [4.69, 9.17) is 10.9 Å². The first-order chi connectivity index (χ1) is 10.2. The average molecular weight is 285 g/mol. The van der Waals surface area contributed by atoms with Crippen LogP contribution in [0.5, 0.6) is 0 Å². The van der Waals surface area contributed by atoms with Crippen molar-refractivity contribution in [2.45, 2.75) is 19.9 Å². The van der Waals surface area contributed by atoms with Gasteiger partial charge in [0.25, 0.3) is 0 Å². The number of rotatable bonds is 6. The predicted molar refractivity (Wildman–Crippen MR) is 82.3 cm³/mol. The molecule has 21 heavy (non-hydrogen) atoms. The van der Waals surface area contributed by atoms with Gasteiger partial charge in [-0.15, -0.1) is 0 Å². The first-order valence-electron chi connectivity index (χ1n) is 6.72. The van der Waals surface area contributed by atoms with Crippen LogP contribution in [0, 0.1) is 6.92 Å². The maximum Gasteiger partial charge on any atom is 0.140 e. The van der Waals surface area contributed by atoms with E-state index in [1.165, 1.54) is 0 Å². The highest BCUT2D eigenvalue weighted by molar-refractivity contribution is 5.80. The number of aromatic nitrogens is 2. The first-order valence-corrected chi connectivity index (χ1v) is 6.72. The summed E-state index contributed by atoms with van der Waals surface area (Å²) in [7, 11) is 0. The van der Waals surface area contributed by atoms with E-state index in [9.17, 15) is 0 Å². The van der Waals surface area contributed by atoms with Crippen LogP contribution < -0.4 is 10.6 Å². The molecule has 2 aromatic heterocycles. The molecule has 6 nitrogen and oxygen atoms in total. The van der Waals surface area contributed by atoms with Gasteiger partial charge < -0.3 is 15.8 Å². The maximum atomic E-state index is 8.68. The van der Waals surface area contributed by atoms with Crippen molar-refractivity contribution in [1.29, 1.82) is 0 Å². The Hall–Kier alpha value is -2.63. The van der Waals surface area contributed by atoms with E-state index >= 15 is 0 Å². The van der Waals surface area contributed by atoms with E-state index in [0.29, 0.717) is 19.5 Å². The van der Waals surface area contributed by atoms with Gasteiger partial charge in [-0.1, -0.05) is 17.3 Å². The quantitative estimate of drug-likeness (QED) is 0.366.